The molecule has 176 valence electrons. The van der Waals surface area contributed by atoms with Gasteiger partial charge in [-0.25, -0.2) is 0 Å². The normalized spacial score (nSPS) is 12.9. The first-order valence-corrected chi connectivity index (χ1v) is 12.2. The summed E-state index contributed by atoms with van der Waals surface area (Å²) in [5.74, 6) is 0. The zero-order chi connectivity index (χ0) is 23.6. The third-order valence-electron chi connectivity index (χ3n) is 3.93. The van der Waals surface area contributed by atoms with Crippen molar-refractivity contribution in [2.24, 2.45) is 0 Å². The van der Waals surface area contributed by atoms with Crippen molar-refractivity contribution in [3.8, 4) is 0 Å². The maximum absolute atomic E-state index is 12.1. The van der Waals surface area contributed by atoms with Gasteiger partial charge in [0.1, 0.15) is 5.69 Å². The van der Waals surface area contributed by atoms with Gasteiger partial charge in [-0.05, 0) is 18.6 Å². The van der Waals surface area contributed by atoms with Gasteiger partial charge in [0.25, 0.3) is 10.1 Å². The lowest BCUT2D eigenvalue weighted by Gasteiger charge is -2.23. The van der Waals surface area contributed by atoms with Crippen LogP contribution in [0.4, 0.5) is 18.9 Å². The third-order valence-corrected chi connectivity index (χ3v) is 5.84. The van der Waals surface area contributed by atoms with Crippen molar-refractivity contribution in [1.82, 2.24) is 4.48 Å². The molecule has 0 atom stereocenters. The summed E-state index contributed by atoms with van der Waals surface area (Å²) in [6, 6.07) is 6.91. The number of rotatable bonds is 10. The molecular weight excluding hydrogens is 447 g/mol. The summed E-state index contributed by atoms with van der Waals surface area (Å²) in [6.45, 7) is 2.45. The van der Waals surface area contributed by atoms with Crippen molar-refractivity contribution in [1.29, 1.82) is 0 Å². The first-order valence-electron chi connectivity index (χ1n) is 9.37. The Morgan fingerprint density at radius 1 is 0.900 bits per heavy atom. The summed E-state index contributed by atoms with van der Waals surface area (Å²) in [6.07, 6.45) is 6.65. The number of quaternary nitrogens is 1. The maximum atomic E-state index is 12.1. The molecule has 0 heterocycles. The van der Waals surface area contributed by atoms with Crippen LogP contribution >= 0.6 is 0 Å². The van der Waals surface area contributed by atoms with E-state index in [1.807, 2.05) is 33.3 Å². The Bertz CT molecular complexity index is 830. The number of alkyl halides is 3. The molecule has 12 heteroatoms. The Balaban J connectivity index is 0.000000890. The van der Waals surface area contributed by atoms with Gasteiger partial charge in [-0.15, -0.1) is 0 Å². The van der Waals surface area contributed by atoms with E-state index in [4.69, 9.17) is 17.2 Å². The molecule has 7 nitrogen and oxygen atoms in total. The number of unbranched alkanes of at least 4 members (excludes halogenated alkanes) is 5. The Morgan fingerprint density at radius 3 is 1.73 bits per heavy atom. The lowest BCUT2D eigenvalue weighted by atomic mass is 10.1. The fourth-order valence-corrected chi connectivity index (χ4v) is 3.12. The Morgan fingerprint density at radius 2 is 1.33 bits per heavy atom. The van der Waals surface area contributed by atoms with Crippen LogP contribution in [0, 0.1) is 0 Å². The lowest BCUT2D eigenvalue weighted by molar-refractivity contribution is -0.0510. The van der Waals surface area contributed by atoms with E-state index in [1.54, 1.807) is 12.1 Å². The van der Waals surface area contributed by atoms with Crippen LogP contribution in [0.5, 0.6) is 0 Å². The fraction of sp³-hybridized carbons (Fsp3) is 0.667. The molecule has 0 saturated carbocycles. The minimum absolute atomic E-state index is 0.232. The molecule has 0 aliphatic heterocycles. The van der Waals surface area contributed by atoms with E-state index in [2.05, 4.69) is 6.92 Å². The smallest absolute Gasteiger partial charge is 0.298 e. The first-order chi connectivity index (χ1) is 13.5. The molecule has 1 rings (SSSR count). The summed E-state index contributed by atoms with van der Waals surface area (Å²) < 4.78 is 87.5. The van der Waals surface area contributed by atoms with E-state index in [0.717, 1.165) is 24.9 Å². The summed E-state index contributed by atoms with van der Waals surface area (Å²) in [5.41, 5.74) is -4.48. The molecule has 30 heavy (non-hydrogen) atoms. The average molecular weight is 479 g/mol. The fourth-order valence-electron chi connectivity index (χ4n) is 2.18. The average Bonchev–Trinajstić information content (AvgIpc) is 2.59. The first kappa shape index (κ1) is 28.8. The van der Waals surface area contributed by atoms with Gasteiger partial charge >= 0.3 is 15.6 Å². The van der Waals surface area contributed by atoms with Crippen LogP contribution in [0.2, 0.25) is 0 Å². The zero-order valence-corrected chi connectivity index (χ0v) is 19.3. The third kappa shape index (κ3) is 11.3. The van der Waals surface area contributed by atoms with Crippen LogP contribution < -0.4 is 4.48 Å². The second-order valence-corrected chi connectivity index (χ2v) is 10.5. The van der Waals surface area contributed by atoms with Gasteiger partial charge in [-0.1, -0.05) is 39.0 Å². The number of hydrogen-bond donors (Lipinski definition) is 1. The number of halogens is 3. The van der Waals surface area contributed by atoms with Gasteiger partial charge < -0.3 is 0 Å². The molecule has 1 aromatic carbocycles. The van der Waals surface area contributed by atoms with Crippen molar-refractivity contribution in [3.63, 3.8) is 0 Å². The summed E-state index contributed by atoms with van der Waals surface area (Å²) in [5, 5.41) is 0. The minimum atomic E-state index is -5.84. The highest BCUT2D eigenvalue weighted by molar-refractivity contribution is 7.87. The molecule has 0 unspecified atom stereocenters. The molecule has 0 bridgehead atoms. The van der Waals surface area contributed by atoms with E-state index in [1.165, 1.54) is 19.3 Å². The topological polar surface area (TPSA) is 97.7 Å². The van der Waals surface area contributed by atoms with Crippen molar-refractivity contribution in [3.05, 3.63) is 24.3 Å². The van der Waals surface area contributed by atoms with Crippen molar-refractivity contribution >= 4 is 25.9 Å². The van der Waals surface area contributed by atoms with Gasteiger partial charge in [-0.3, -0.25) is 13.2 Å². The molecule has 0 radical (unpaired) electrons. The van der Waals surface area contributed by atoms with Crippen molar-refractivity contribution < 1.29 is 38.7 Å². The minimum Gasteiger partial charge on any atom is -0.298 e. The van der Waals surface area contributed by atoms with E-state index < -0.39 is 25.7 Å². The Kier molecular flexibility index (Phi) is 11.5. The second-order valence-electron chi connectivity index (χ2n) is 7.47. The standard InChI is InChI=1S/C17H30NO3S.CHF3O3S/c1-5-6-7-8-9-10-15-21-22(19,20)17-13-11-16(12-14-17)18(2,3)4;2-1(3,4)8(5,6)7/h11-14H,5-10,15H2,1-4H3;(H,5,6,7)/q+1;. The van der Waals surface area contributed by atoms with Crippen LogP contribution in [0.3, 0.4) is 0 Å². The Hall–Kier alpha value is -1.21. The molecule has 0 aliphatic rings. The number of nitrogens with zero attached hydrogens (tertiary/aromatic N) is 1. The molecule has 0 aromatic heterocycles. The summed E-state index contributed by atoms with van der Waals surface area (Å²) >= 11 is 0. The van der Waals surface area contributed by atoms with Crippen LogP contribution in [-0.2, 0) is 24.4 Å². The molecule has 0 saturated heterocycles. The zero-order valence-electron chi connectivity index (χ0n) is 17.6. The molecular formula is C18H31F3NO6S2+. The second kappa shape index (κ2) is 12.0. The molecule has 1 aromatic rings. The highest BCUT2D eigenvalue weighted by Crippen LogP contribution is 2.21. The molecule has 1 N–H and O–H groups in total. The lowest BCUT2D eigenvalue weighted by Crippen LogP contribution is -2.34. The monoisotopic (exact) mass is 478 g/mol. The largest absolute Gasteiger partial charge is 0.522 e. The number of hydrogen-bond acceptors (Lipinski definition) is 5. The van der Waals surface area contributed by atoms with Gasteiger partial charge in [-0.2, -0.15) is 30.0 Å². The Labute approximate surface area is 177 Å². The highest BCUT2D eigenvalue weighted by Gasteiger charge is 2.44. The molecule has 0 aliphatic carbocycles. The van der Waals surface area contributed by atoms with E-state index in [-0.39, 0.29) is 11.5 Å². The molecule has 0 spiro atoms. The van der Waals surface area contributed by atoms with E-state index in [0.29, 0.717) is 4.48 Å². The summed E-state index contributed by atoms with van der Waals surface area (Å²) in [4.78, 5) is 0.232. The van der Waals surface area contributed by atoms with Crippen LogP contribution in [-0.4, -0.2) is 54.6 Å². The van der Waals surface area contributed by atoms with Gasteiger partial charge in [0.2, 0.25) is 0 Å². The molecule has 0 fully saturated rings. The SMILES string of the molecule is CCCCCCCCOS(=O)(=O)c1ccc([N+](C)(C)C)cc1.O=S(=O)(O)C(F)(F)F. The predicted octanol–water partition coefficient (Wildman–Crippen LogP) is 4.34. The van der Waals surface area contributed by atoms with Crippen LogP contribution in [0.15, 0.2) is 29.2 Å². The quantitative estimate of drug-likeness (QED) is 0.177. The highest BCUT2D eigenvalue weighted by atomic mass is 32.2. The summed E-state index contributed by atoms with van der Waals surface area (Å²) in [7, 11) is -3.35. The van der Waals surface area contributed by atoms with Crippen LogP contribution in [0.1, 0.15) is 45.4 Å². The predicted molar refractivity (Wildman–Crippen MR) is 110 cm³/mol. The number of benzene rings is 1. The molecule has 0 amide bonds. The van der Waals surface area contributed by atoms with E-state index in [9.17, 15) is 21.6 Å². The van der Waals surface area contributed by atoms with Crippen molar-refractivity contribution in [2.75, 3.05) is 27.7 Å². The van der Waals surface area contributed by atoms with Crippen molar-refractivity contribution in [2.45, 2.75) is 55.9 Å². The van der Waals surface area contributed by atoms with Gasteiger partial charge in [0, 0.05) is 12.1 Å². The maximum Gasteiger partial charge on any atom is 0.522 e. The van der Waals surface area contributed by atoms with E-state index >= 15 is 0 Å². The van der Waals surface area contributed by atoms with Gasteiger partial charge in [0.05, 0.1) is 32.6 Å². The van der Waals surface area contributed by atoms with Gasteiger partial charge in [0.15, 0.2) is 0 Å². The van der Waals surface area contributed by atoms with Crippen LogP contribution in [0.25, 0.3) is 0 Å².